The van der Waals surface area contributed by atoms with Gasteiger partial charge >= 0.3 is 5.97 Å². The molecule has 11 heteroatoms. The second-order valence-corrected chi connectivity index (χ2v) is 11.6. The molecule has 1 aliphatic rings. The third kappa shape index (κ3) is 5.55. The molecule has 1 atom stereocenters. The number of piperidine rings is 1. The molecule has 33 heavy (non-hydrogen) atoms. The Balaban J connectivity index is 1.71. The van der Waals surface area contributed by atoms with E-state index < -0.39 is 31.9 Å². The number of hydrogen-bond donors (Lipinski definition) is 1. The smallest absolute Gasteiger partial charge is 0.307 e. The molecule has 1 N–H and O–H groups in total. The molecule has 0 aliphatic carbocycles. The van der Waals surface area contributed by atoms with E-state index in [0.29, 0.717) is 37.4 Å². The molecule has 1 heterocycles. The van der Waals surface area contributed by atoms with Crippen LogP contribution >= 0.6 is 0 Å². The minimum atomic E-state index is -3.81. The highest BCUT2D eigenvalue weighted by Crippen LogP contribution is 2.28. The second-order valence-electron chi connectivity index (χ2n) is 7.67. The fourth-order valence-corrected chi connectivity index (χ4v) is 6.70. The fraction of sp³-hybridized carbons (Fsp3) is 0.409. The molecular formula is C22H28N2O7S2. The summed E-state index contributed by atoms with van der Waals surface area (Å²) >= 11 is 0. The van der Waals surface area contributed by atoms with Gasteiger partial charge in [0, 0.05) is 26.2 Å². The first-order valence-corrected chi connectivity index (χ1v) is 13.6. The largest absolute Gasteiger partial charge is 0.481 e. The second kappa shape index (κ2) is 10.2. The van der Waals surface area contributed by atoms with Crippen LogP contribution in [0.1, 0.15) is 26.7 Å². The van der Waals surface area contributed by atoms with E-state index in [9.17, 15) is 26.7 Å². The van der Waals surface area contributed by atoms with E-state index >= 15 is 0 Å². The predicted octanol–water partition coefficient (Wildman–Crippen LogP) is 2.99. The number of carboxylic acids is 1. The number of aliphatic carboxylic acids is 1. The average molecular weight is 497 g/mol. The molecule has 0 aromatic heterocycles. The van der Waals surface area contributed by atoms with Gasteiger partial charge in [-0.1, -0.05) is 13.8 Å². The van der Waals surface area contributed by atoms with Crippen LogP contribution in [0.15, 0.2) is 58.3 Å². The monoisotopic (exact) mass is 496 g/mol. The van der Waals surface area contributed by atoms with Crippen LogP contribution in [0.2, 0.25) is 0 Å². The zero-order chi connectivity index (χ0) is 24.2. The van der Waals surface area contributed by atoms with E-state index in [-0.39, 0.29) is 22.9 Å². The molecular weight excluding hydrogens is 468 g/mol. The Morgan fingerprint density at radius 1 is 0.970 bits per heavy atom. The maximum atomic E-state index is 12.9. The van der Waals surface area contributed by atoms with Gasteiger partial charge in [-0.15, -0.1) is 0 Å². The van der Waals surface area contributed by atoms with Gasteiger partial charge in [-0.05, 0) is 61.4 Å². The van der Waals surface area contributed by atoms with Crippen LogP contribution in [-0.4, -0.2) is 62.7 Å². The first kappa shape index (κ1) is 25.2. The van der Waals surface area contributed by atoms with Crippen molar-refractivity contribution in [3.63, 3.8) is 0 Å². The summed E-state index contributed by atoms with van der Waals surface area (Å²) in [4.78, 5) is 11.5. The average Bonchev–Trinajstić information content (AvgIpc) is 2.80. The van der Waals surface area contributed by atoms with E-state index in [2.05, 4.69) is 0 Å². The first-order valence-electron chi connectivity index (χ1n) is 10.7. The lowest BCUT2D eigenvalue weighted by Gasteiger charge is -2.29. The summed E-state index contributed by atoms with van der Waals surface area (Å²) in [7, 11) is -7.37. The number of rotatable bonds is 9. The summed E-state index contributed by atoms with van der Waals surface area (Å²) in [6.07, 6.45) is 0.959. The van der Waals surface area contributed by atoms with Crippen LogP contribution in [0.25, 0.3) is 0 Å². The standard InChI is InChI=1S/C22H28N2O7S2/c1-3-23(4-2)32(27,28)20-11-7-18(8-12-20)31-19-9-13-21(14-10-19)33(29,30)24-15-5-6-17(16-24)22(25)26/h7-14,17H,3-6,15-16H2,1-2H3,(H,25,26). The van der Waals surface area contributed by atoms with E-state index in [0.717, 1.165) is 0 Å². The lowest BCUT2D eigenvalue weighted by atomic mass is 10.0. The Morgan fingerprint density at radius 2 is 1.48 bits per heavy atom. The van der Waals surface area contributed by atoms with Gasteiger partial charge < -0.3 is 9.84 Å². The van der Waals surface area contributed by atoms with Crippen LogP contribution in [0.5, 0.6) is 11.5 Å². The number of benzene rings is 2. The molecule has 1 aliphatic heterocycles. The Hall–Kier alpha value is -2.47. The normalized spacial score (nSPS) is 17.7. The van der Waals surface area contributed by atoms with Crippen molar-refractivity contribution in [3.05, 3.63) is 48.5 Å². The summed E-state index contributed by atoms with van der Waals surface area (Å²) in [5.41, 5.74) is 0. The molecule has 0 saturated carbocycles. The van der Waals surface area contributed by atoms with Crippen LogP contribution in [0, 0.1) is 5.92 Å². The van der Waals surface area contributed by atoms with Crippen molar-refractivity contribution in [3.8, 4) is 11.5 Å². The highest BCUT2D eigenvalue weighted by Gasteiger charge is 2.33. The van der Waals surface area contributed by atoms with E-state index in [1.54, 1.807) is 26.0 Å². The van der Waals surface area contributed by atoms with Gasteiger partial charge in [0.05, 0.1) is 15.7 Å². The van der Waals surface area contributed by atoms with Gasteiger partial charge in [0.2, 0.25) is 20.0 Å². The maximum absolute atomic E-state index is 12.9. The molecule has 2 aromatic carbocycles. The summed E-state index contributed by atoms with van der Waals surface area (Å²) in [5, 5.41) is 9.21. The van der Waals surface area contributed by atoms with E-state index in [1.807, 2.05) is 0 Å². The van der Waals surface area contributed by atoms with Crippen molar-refractivity contribution < 1.29 is 31.5 Å². The third-order valence-corrected chi connectivity index (χ3v) is 9.54. The van der Waals surface area contributed by atoms with Crippen molar-refractivity contribution in [2.24, 2.45) is 5.92 Å². The minimum absolute atomic E-state index is 0.0430. The topological polar surface area (TPSA) is 121 Å². The lowest BCUT2D eigenvalue weighted by Crippen LogP contribution is -2.42. The number of nitrogens with zero attached hydrogens (tertiary/aromatic N) is 2. The summed E-state index contributed by atoms with van der Waals surface area (Å²) < 4.78 is 59.2. The van der Waals surface area contributed by atoms with Gasteiger partial charge in [-0.2, -0.15) is 8.61 Å². The molecule has 3 rings (SSSR count). The molecule has 1 fully saturated rings. The van der Waals surface area contributed by atoms with Crippen molar-refractivity contribution in [1.82, 2.24) is 8.61 Å². The maximum Gasteiger partial charge on any atom is 0.307 e. The quantitative estimate of drug-likeness (QED) is 0.566. The van der Waals surface area contributed by atoms with Crippen LogP contribution < -0.4 is 4.74 Å². The van der Waals surface area contributed by atoms with Gasteiger partial charge in [-0.25, -0.2) is 16.8 Å². The molecule has 1 unspecified atom stereocenters. The van der Waals surface area contributed by atoms with Crippen molar-refractivity contribution in [2.75, 3.05) is 26.2 Å². The Kier molecular flexibility index (Phi) is 7.78. The van der Waals surface area contributed by atoms with Crippen molar-refractivity contribution in [1.29, 1.82) is 0 Å². The highest BCUT2D eigenvalue weighted by atomic mass is 32.2. The predicted molar refractivity (Wildman–Crippen MR) is 122 cm³/mol. The molecule has 0 amide bonds. The first-order chi connectivity index (χ1) is 15.6. The van der Waals surface area contributed by atoms with E-state index in [4.69, 9.17) is 4.74 Å². The zero-order valence-corrected chi connectivity index (χ0v) is 20.2. The van der Waals surface area contributed by atoms with Gasteiger partial charge in [0.25, 0.3) is 0 Å². The Labute approximate surface area is 194 Å². The molecule has 0 spiro atoms. The molecule has 0 radical (unpaired) electrons. The SMILES string of the molecule is CCN(CC)S(=O)(=O)c1ccc(Oc2ccc(S(=O)(=O)N3CCCC(C(=O)O)C3)cc2)cc1. The Morgan fingerprint density at radius 3 is 1.97 bits per heavy atom. The van der Waals surface area contributed by atoms with Crippen LogP contribution in [0.4, 0.5) is 0 Å². The van der Waals surface area contributed by atoms with Gasteiger partial charge in [0.1, 0.15) is 11.5 Å². The molecule has 9 nitrogen and oxygen atoms in total. The third-order valence-electron chi connectivity index (χ3n) is 5.60. The summed E-state index contributed by atoms with van der Waals surface area (Å²) in [6.45, 7) is 4.55. The van der Waals surface area contributed by atoms with E-state index in [1.165, 1.54) is 45.0 Å². The fourth-order valence-electron chi connectivity index (χ4n) is 3.72. The minimum Gasteiger partial charge on any atom is -0.481 e. The molecule has 2 aromatic rings. The molecule has 1 saturated heterocycles. The Bertz CT molecular complexity index is 1170. The van der Waals surface area contributed by atoms with Crippen molar-refractivity contribution >= 4 is 26.0 Å². The number of sulfonamides is 2. The number of ether oxygens (including phenoxy) is 1. The molecule has 0 bridgehead atoms. The summed E-state index contributed by atoms with van der Waals surface area (Å²) in [5.74, 6) is -0.904. The number of carboxylic acid groups (broad SMARTS) is 1. The van der Waals surface area contributed by atoms with Gasteiger partial charge in [0.15, 0.2) is 0 Å². The number of hydrogen-bond acceptors (Lipinski definition) is 6. The highest BCUT2D eigenvalue weighted by molar-refractivity contribution is 7.89. The summed E-state index contributed by atoms with van der Waals surface area (Å²) in [6, 6.07) is 11.9. The van der Waals surface area contributed by atoms with Crippen LogP contribution in [-0.2, 0) is 24.8 Å². The van der Waals surface area contributed by atoms with Crippen molar-refractivity contribution in [2.45, 2.75) is 36.5 Å². The molecule has 180 valence electrons. The lowest BCUT2D eigenvalue weighted by molar-refractivity contribution is -0.142. The van der Waals surface area contributed by atoms with Crippen LogP contribution in [0.3, 0.4) is 0 Å². The number of carbonyl (C=O) groups is 1. The zero-order valence-electron chi connectivity index (χ0n) is 18.5. The van der Waals surface area contributed by atoms with Gasteiger partial charge in [-0.3, -0.25) is 4.79 Å².